The van der Waals surface area contributed by atoms with Gasteiger partial charge in [-0.25, -0.2) is 19.1 Å². The van der Waals surface area contributed by atoms with Crippen LogP contribution in [0.15, 0.2) is 47.5 Å². The number of fused-ring (bicyclic) bond motifs is 2. The Morgan fingerprint density at radius 3 is 2.50 bits per heavy atom. The second kappa shape index (κ2) is 9.59. The number of hydrogen-bond donors (Lipinski definition) is 0. The van der Waals surface area contributed by atoms with Crippen molar-refractivity contribution in [1.29, 1.82) is 0 Å². The number of esters is 1. The molecular weight excluding hydrogens is 486 g/mol. The SMILES string of the molecule is COC(=O)c1cc(-c2ccc3c(=O)n(C4CCN(C(=O)OC(C)(C)C)CC4)ccc3c2)nn2cc(C)nc12. The molecule has 1 aromatic carbocycles. The first-order valence-electron chi connectivity index (χ1n) is 12.6. The van der Waals surface area contributed by atoms with Crippen LogP contribution >= 0.6 is 0 Å². The number of carbonyl (C=O) groups excluding carboxylic acids is 2. The summed E-state index contributed by atoms with van der Waals surface area (Å²) in [5, 5.41) is 6.00. The Morgan fingerprint density at radius 2 is 1.82 bits per heavy atom. The standard InChI is InChI=1S/C28H31N5O5/c1-17-16-33-24(29-17)22(26(35)37-5)15-23(30-33)19-6-7-21-18(14-19)8-13-32(25(21)34)20-9-11-31(12-10-20)27(36)38-28(2,3)4/h6-8,13-16,20H,9-12H2,1-5H3. The lowest BCUT2D eigenvalue weighted by Crippen LogP contribution is -2.43. The van der Waals surface area contributed by atoms with E-state index in [2.05, 4.69) is 10.1 Å². The third-order valence-corrected chi connectivity index (χ3v) is 6.69. The number of imidazole rings is 1. The minimum Gasteiger partial charge on any atom is -0.465 e. The number of aromatic nitrogens is 4. The number of hydrogen-bond acceptors (Lipinski definition) is 7. The van der Waals surface area contributed by atoms with Crippen LogP contribution in [-0.4, -0.2) is 61.9 Å². The summed E-state index contributed by atoms with van der Waals surface area (Å²) in [4.78, 5) is 44.3. The summed E-state index contributed by atoms with van der Waals surface area (Å²) in [7, 11) is 1.33. The molecule has 5 rings (SSSR count). The molecule has 0 unspecified atom stereocenters. The number of pyridine rings is 1. The molecule has 0 radical (unpaired) electrons. The van der Waals surface area contributed by atoms with Gasteiger partial charge in [0.25, 0.3) is 5.56 Å². The van der Waals surface area contributed by atoms with Crippen molar-refractivity contribution in [3.8, 4) is 11.3 Å². The molecule has 1 aliphatic heterocycles. The summed E-state index contributed by atoms with van der Waals surface area (Å²) in [5.41, 5.74) is 2.19. The Kier molecular flexibility index (Phi) is 6.42. The van der Waals surface area contributed by atoms with Gasteiger partial charge in [0.15, 0.2) is 5.65 Å². The Hall–Kier alpha value is -4.21. The van der Waals surface area contributed by atoms with E-state index >= 15 is 0 Å². The summed E-state index contributed by atoms with van der Waals surface area (Å²) in [6, 6.07) is 9.10. The van der Waals surface area contributed by atoms with Crippen LogP contribution in [0.2, 0.25) is 0 Å². The van der Waals surface area contributed by atoms with Crippen molar-refractivity contribution >= 4 is 28.5 Å². The lowest BCUT2D eigenvalue weighted by Gasteiger charge is -2.34. The van der Waals surface area contributed by atoms with Crippen molar-refractivity contribution in [2.75, 3.05) is 20.2 Å². The van der Waals surface area contributed by atoms with Gasteiger partial charge < -0.3 is 18.9 Å². The molecule has 0 N–H and O–H groups in total. The normalized spacial score (nSPS) is 14.7. The molecule has 38 heavy (non-hydrogen) atoms. The van der Waals surface area contributed by atoms with Crippen LogP contribution in [0.3, 0.4) is 0 Å². The summed E-state index contributed by atoms with van der Waals surface area (Å²) in [5.74, 6) is -0.495. The number of nitrogens with zero attached hydrogens (tertiary/aromatic N) is 5. The zero-order valence-corrected chi connectivity index (χ0v) is 22.2. The predicted octanol–water partition coefficient (Wildman–Crippen LogP) is 4.38. The first-order chi connectivity index (χ1) is 18.0. The highest BCUT2D eigenvalue weighted by molar-refractivity contribution is 5.97. The molecule has 0 spiro atoms. The highest BCUT2D eigenvalue weighted by atomic mass is 16.6. The van der Waals surface area contributed by atoms with Gasteiger partial charge >= 0.3 is 12.1 Å². The summed E-state index contributed by atoms with van der Waals surface area (Å²) in [6.45, 7) is 8.45. The zero-order chi connectivity index (χ0) is 27.2. The minimum absolute atomic E-state index is 0.00133. The summed E-state index contributed by atoms with van der Waals surface area (Å²) < 4.78 is 13.8. The molecule has 198 valence electrons. The van der Waals surface area contributed by atoms with E-state index in [0.29, 0.717) is 48.2 Å². The van der Waals surface area contributed by atoms with Gasteiger partial charge in [0.1, 0.15) is 11.2 Å². The van der Waals surface area contributed by atoms with Crippen LogP contribution in [0.25, 0.3) is 27.7 Å². The molecule has 1 fully saturated rings. The van der Waals surface area contributed by atoms with Crippen LogP contribution in [0.4, 0.5) is 4.79 Å². The number of benzene rings is 1. The Balaban J connectivity index is 1.42. The second-order valence-electron chi connectivity index (χ2n) is 10.6. The van der Waals surface area contributed by atoms with Gasteiger partial charge in [-0.1, -0.05) is 6.07 Å². The van der Waals surface area contributed by atoms with Crippen molar-refractivity contribution in [2.45, 2.75) is 52.2 Å². The van der Waals surface area contributed by atoms with Gasteiger partial charge in [-0.3, -0.25) is 4.79 Å². The first kappa shape index (κ1) is 25.4. The van der Waals surface area contributed by atoms with E-state index in [0.717, 1.165) is 16.6 Å². The number of carbonyl (C=O) groups is 2. The van der Waals surface area contributed by atoms with Gasteiger partial charge in [-0.15, -0.1) is 0 Å². The predicted molar refractivity (Wildman–Crippen MR) is 142 cm³/mol. The Labute approximate surface area is 219 Å². The fourth-order valence-electron chi connectivity index (χ4n) is 4.86. The van der Waals surface area contributed by atoms with Crippen LogP contribution in [0, 0.1) is 6.92 Å². The highest BCUT2D eigenvalue weighted by Gasteiger charge is 2.28. The largest absolute Gasteiger partial charge is 0.465 e. The van der Waals surface area contributed by atoms with Gasteiger partial charge in [-0.05, 0) is 70.2 Å². The van der Waals surface area contributed by atoms with Gasteiger partial charge in [0.05, 0.1) is 24.7 Å². The quantitative estimate of drug-likeness (QED) is 0.371. The van der Waals surface area contributed by atoms with E-state index < -0.39 is 11.6 Å². The van der Waals surface area contributed by atoms with Crippen LogP contribution in [0.1, 0.15) is 55.7 Å². The maximum Gasteiger partial charge on any atom is 0.410 e. The minimum atomic E-state index is -0.540. The Morgan fingerprint density at radius 1 is 1.08 bits per heavy atom. The molecule has 10 heteroatoms. The maximum absolute atomic E-state index is 13.4. The molecule has 4 heterocycles. The molecule has 1 amide bonds. The topological polar surface area (TPSA) is 108 Å². The number of likely N-dealkylation sites (tertiary alicyclic amines) is 1. The van der Waals surface area contributed by atoms with Gasteiger partial charge in [0.2, 0.25) is 0 Å². The zero-order valence-electron chi connectivity index (χ0n) is 22.2. The first-order valence-corrected chi connectivity index (χ1v) is 12.6. The molecule has 1 aliphatic rings. The van der Waals surface area contributed by atoms with E-state index in [1.165, 1.54) is 7.11 Å². The molecule has 3 aromatic heterocycles. The third-order valence-electron chi connectivity index (χ3n) is 6.69. The van der Waals surface area contributed by atoms with Crippen molar-refractivity contribution in [1.82, 2.24) is 24.1 Å². The maximum atomic E-state index is 13.4. The van der Waals surface area contributed by atoms with Crippen molar-refractivity contribution in [3.63, 3.8) is 0 Å². The number of methoxy groups -OCH3 is 1. The van der Waals surface area contributed by atoms with Crippen LogP contribution in [0.5, 0.6) is 0 Å². The van der Waals surface area contributed by atoms with E-state index in [1.807, 2.05) is 52.1 Å². The van der Waals surface area contributed by atoms with Gasteiger partial charge in [0, 0.05) is 36.3 Å². The van der Waals surface area contributed by atoms with Gasteiger partial charge in [-0.2, -0.15) is 5.10 Å². The van der Waals surface area contributed by atoms with E-state index in [1.54, 1.807) is 32.3 Å². The fraction of sp³-hybridized carbons (Fsp3) is 0.393. The molecule has 0 saturated carbocycles. The lowest BCUT2D eigenvalue weighted by atomic mass is 10.0. The lowest BCUT2D eigenvalue weighted by molar-refractivity contribution is 0.0187. The molecule has 0 aliphatic carbocycles. The molecule has 0 bridgehead atoms. The number of rotatable bonds is 3. The van der Waals surface area contributed by atoms with E-state index in [9.17, 15) is 14.4 Å². The van der Waals surface area contributed by atoms with Crippen LogP contribution < -0.4 is 5.56 Å². The number of piperidine rings is 1. The second-order valence-corrected chi connectivity index (χ2v) is 10.6. The molecule has 10 nitrogen and oxygen atoms in total. The average Bonchev–Trinajstić information content (AvgIpc) is 3.27. The highest BCUT2D eigenvalue weighted by Crippen LogP contribution is 2.27. The molecule has 4 aromatic rings. The fourth-order valence-corrected chi connectivity index (χ4v) is 4.86. The van der Waals surface area contributed by atoms with Crippen molar-refractivity contribution in [3.05, 3.63) is 64.3 Å². The summed E-state index contributed by atoms with van der Waals surface area (Å²) in [6.07, 6.45) is 4.60. The third kappa shape index (κ3) is 4.85. The number of aryl methyl sites for hydroxylation is 1. The van der Waals surface area contributed by atoms with E-state index in [-0.39, 0.29) is 17.7 Å². The van der Waals surface area contributed by atoms with Crippen molar-refractivity contribution < 1.29 is 19.1 Å². The smallest absolute Gasteiger partial charge is 0.410 e. The molecular formula is C28H31N5O5. The molecule has 1 saturated heterocycles. The summed E-state index contributed by atoms with van der Waals surface area (Å²) >= 11 is 0. The molecule has 0 atom stereocenters. The van der Waals surface area contributed by atoms with Crippen LogP contribution in [-0.2, 0) is 9.47 Å². The number of amides is 1. The monoisotopic (exact) mass is 517 g/mol. The average molecular weight is 518 g/mol. The number of ether oxygens (including phenoxy) is 2. The van der Waals surface area contributed by atoms with E-state index in [4.69, 9.17) is 9.47 Å². The Bertz CT molecular complexity index is 1610. The van der Waals surface area contributed by atoms with Crippen molar-refractivity contribution in [2.24, 2.45) is 0 Å².